The Balaban J connectivity index is 1.92. The summed E-state index contributed by atoms with van der Waals surface area (Å²) in [5.41, 5.74) is 1.40. The van der Waals surface area contributed by atoms with Gasteiger partial charge in [-0.25, -0.2) is 9.79 Å². The standard InChI is InChI=1S/C23H21ClN2O5S/c1-4-10-31-20-17(24)11-14(12-18(20)30-3)13-19-21(27)26(5-2)23(32-19)25-16-8-6-15(7-9-16)22(28)29/h4,6-9,11-13H,1,5,10H2,2-3H3,(H,28,29). The van der Waals surface area contributed by atoms with E-state index in [4.69, 9.17) is 26.2 Å². The number of aliphatic imine (C=N–C) groups is 1. The van der Waals surface area contributed by atoms with Crippen molar-refractivity contribution in [1.29, 1.82) is 0 Å². The van der Waals surface area contributed by atoms with Gasteiger partial charge in [0.25, 0.3) is 5.91 Å². The fourth-order valence-electron chi connectivity index (χ4n) is 2.92. The maximum atomic E-state index is 12.9. The number of carbonyl (C=O) groups is 2. The Kier molecular flexibility index (Phi) is 7.61. The molecule has 1 aliphatic rings. The zero-order valence-electron chi connectivity index (χ0n) is 17.5. The number of carboxylic acid groups (broad SMARTS) is 1. The second kappa shape index (κ2) is 10.4. The summed E-state index contributed by atoms with van der Waals surface area (Å²) in [6.45, 7) is 6.20. The normalized spacial score (nSPS) is 16.0. The summed E-state index contributed by atoms with van der Waals surface area (Å²) in [6.07, 6.45) is 3.33. The Hall–Kier alpha value is -3.23. The summed E-state index contributed by atoms with van der Waals surface area (Å²) in [5.74, 6) is -0.337. The van der Waals surface area contributed by atoms with Crippen molar-refractivity contribution < 1.29 is 24.2 Å². The van der Waals surface area contributed by atoms with Gasteiger partial charge in [-0.2, -0.15) is 0 Å². The van der Waals surface area contributed by atoms with Crippen molar-refractivity contribution in [2.75, 3.05) is 20.3 Å². The molecule has 7 nitrogen and oxygen atoms in total. The molecule has 0 radical (unpaired) electrons. The van der Waals surface area contributed by atoms with E-state index in [1.807, 2.05) is 6.92 Å². The molecule has 0 unspecified atom stereocenters. The van der Waals surface area contributed by atoms with Crippen LogP contribution in [0.25, 0.3) is 6.08 Å². The molecule has 32 heavy (non-hydrogen) atoms. The Labute approximate surface area is 195 Å². The molecular formula is C23H21ClN2O5S. The summed E-state index contributed by atoms with van der Waals surface area (Å²) in [5, 5.41) is 9.90. The Morgan fingerprint density at radius 3 is 2.62 bits per heavy atom. The molecule has 3 rings (SSSR count). The smallest absolute Gasteiger partial charge is 0.335 e. The number of hydrogen-bond donors (Lipinski definition) is 1. The lowest BCUT2D eigenvalue weighted by atomic mass is 10.1. The van der Waals surface area contributed by atoms with E-state index in [-0.39, 0.29) is 18.1 Å². The van der Waals surface area contributed by atoms with Crippen molar-refractivity contribution in [1.82, 2.24) is 4.90 Å². The zero-order valence-corrected chi connectivity index (χ0v) is 19.1. The van der Waals surface area contributed by atoms with Crippen molar-refractivity contribution in [2.24, 2.45) is 4.99 Å². The van der Waals surface area contributed by atoms with Gasteiger partial charge in [-0.15, -0.1) is 0 Å². The third kappa shape index (κ3) is 5.15. The van der Waals surface area contributed by atoms with Gasteiger partial charge in [-0.05, 0) is 66.7 Å². The highest BCUT2D eigenvalue weighted by Gasteiger charge is 2.32. The number of ether oxygens (including phenoxy) is 2. The van der Waals surface area contributed by atoms with Gasteiger partial charge >= 0.3 is 5.97 Å². The number of rotatable bonds is 8. The van der Waals surface area contributed by atoms with E-state index in [2.05, 4.69) is 11.6 Å². The van der Waals surface area contributed by atoms with E-state index in [0.29, 0.717) is 44.4 Å². The van der Waals surface area contributed by atoms with Crippen LogP contribution in [0.15, 0.2) is 59.0 Å². The molecule has 1 amide bonds. The second-order valence-corrected chi connectivity index (χ2v) is 7.96. The zero-order chi connectivity index (χ0) is 23.3. The van der Waals surface area contributed by atoms with Crippen LogP contribution in [-0.4, -0.2) is 47.3 Å². The molecular weight excluding hydrogens is 452 g/mol. The van der Waals surface area contributed by atoms with Crippen molar-refractivity contribution in [3.8, 4) is 11.5 Å². The molecule has 9 heteroatoms. The second-order valence-electron chi connectivity index (χ2n) is 6.54. The Morgan fingerprint density at radius 1 is 1.31 bits per heavy atom. The van der Waals surface area contributed by atoms with Crippen LogP contribution in [0.3, 0.4) is 0 Å². The van der Waals surface area contributed by atoms with Gasteiger partial charge in [-0.3, -0.25) is 9.69 Å². The fraction of sp³-hybridized carbons (Fsp3) is 0.174. The average molecular weight is 473 g/mol. The molecule has 2 aromatic rings. The molecule has 0 bridgehead atoms. The van der Waals surface area contributed by atoms with Crippen LogP contribution in [-0.2, 0) is 4.79 Å². The van der Waals surface area contributed by atoms with Gasteiger partial charge in [0.1, 0.15) is 6.61 Å². The van der Waals surface area contributed by atoms with Crippen LogP contribution < -0.4 is 9.47 Å². The van der Waals surface area contributed by atoms with Gasteiger partial charge in [-0.1, -0.05) is 24.3 Å². The molecule has 0 aliphatic carbocycles. The number of halogens is 1. The molecule has 2 aromatic carbocycles. The molecule has 1 saturated heterocycles. The van der Waals surface area contributed by atoms with Gasteiger partial charge in [0.2, 0.25) is 0 Å². The highest BCUT2D eigenvalue weighted by molar-refractivity contribution is 8.18. The van der Waals surface area contributed by atoms with Crippen LogP contribution >= 0.6 is 23.4 Å². The number of carbonyl (C=O) groups excluding carboxylic acids is 1. The number of likely N-dealkylation sites (N-methyl/N-ethyl adjacent to an activating group) is 1. The van der Waals surface area contributed by atoms with E-state index in [0.717, 1.165) is 0 Å². The first-order valence-electron chi connectivity index (χ1n) is 9.62. The summed E-state index contributed by atoms with van der Waals surface area (Å²) in [4.78, 5) is 30.5. The van der Waals surface area contributed by atoms with Crippen LogP contribution in [0, 0.1) is 0 Å². The van der Waals surface area contributed by atoms with Crippen molar-refractivity contribution in [3.63, 3.8) is 0 Å². The molecule has 1 heterocycles. The minimum atomic E-state index is -1.01. The van der Waals surface area contributed by atoms with Crippen LogP contribution in [0.5, 0.6) is 11.5 Å². The average Bonchev–Trinajstić information content (AvgIpc) is 3.06. The molecule has 166 valence electrons. The lowest BCUT2D eigenvalue weighted by Gasteiger charge is -2.12. The number of hydrogen-bond acceptors (Lipinski definition) is 6. The SMILES string of the molecule is C=CCOc1c(Cl)cc(C=C2SC(=Nc3ccc(C(=O)O)cc3)N(CC)C2=O)cc1OC. The summed E-state index contributed by atoms with van der Waals surface area (Å²) in [7, 11) is 1.51. The highest BCUT2D eigenvalue weighted by Crippen LogP contribution is 2.39. The third-order valence-electron chi connectivity index (χ3n) is 4.44. The molecule has 0 aromatic heterocycles. The van der Waals surface area contributed by atoms with Crippen LogP contribution in [0.4, 0.5) is 5.69 Å². The number of methoxy groups -OCH3 is 1. The van der Waals surface area contributed by atoms with Crippen molar-refractivity contribution >= 4 is 52.2 Å². The molecule has 0 atom stereocenters. The van der Waals surface area contributed by atoms with E-state index in [1.165, 1.54) is 31.0 Å². The topological polar surface area (TPSA) is 88.4 Å². The number of carboxylic acids is 1. The lowest BCUT2D eigenvalue weighted by molar-refractivity contribution is -0.122. The third-order valence-corrected chi connectivity index (χ3v) is 5.73. The number of benzene rings is 2. The lowest BCUT2D eigenvalue weighted by Crippen LogP contribution is -2.28. The first-order chi connectivity index (χ1) is 15.4. The monoisotopic (exact) mass is 472 g/mol. The van der Waals surface area contributed by atoms with E-state index >= 15 is 0 Å². The summed E-state index contributed by atoms with van der Waals surface area (Å²) >= 11 is 7.59. The molecule has 1 aliphatic heterocycles. The number of nitrogens with zero attached hydrogens (tertiary/aromatic N) is 2. The van der Waals surface area contributed by atoms with Gasteiger partial charge in [0, 0.05) is 6.54 Å². The maximum Gasteiger partial charge on any atom is 0.335 e. The Bertz CT molecular complexity index is 1110. The fourth-order valence-corrected chi connectivity index (χ4v) is 4.25. The number of thioether (sulfide) groups is 1. The number of aromatic carboxylic acids is 1. The molecule has 1 N–H and O–H groups in total. The highest BCUT2D eigenvalue weighted by atomic mass is 35.5. The van der Waals surface area contributed by atoms with Gasteiger partial charge in [0.15, 0.2) is 16.7 Å². The van der Waals surface area contributed by atoms with E-state index < -0.39 is 5.97 Å². The minimum absolute atomic E-state index is 0.170. The van der Waals surface area contributed by atoms with E-state index in [9.17, 15) is 9.59 Å². The van der Waals surface area contributed by atoms with Crippen molar-refractivity contribution in [3.05, 3.63) is 70.1 Å². The predicted octanol–water partition coefficient (Wildman–Crippen LogP) is 5.24. The van der Waals surface area contributed by atoms with Crippen LogP contribution in [0.1, 0.15) is 22.8 Å². The van der Waals surface area contributed by atoms with Crippen molar-refractivity contribution in [2.45, 2.75) is 6.92 Å². The van der Waals surface area contributed by atoms with E-state index in [1.54, 1.807) is 41.3 Å². The molecule has 0 saturated carbocycles. The molecule has 1 fully saturated rings. The minimum Gasteiger partial charge on any atom is -0.493 e. The Morgan fingerprint density at radius 2 is 2.03 bits per heavy atom. The van der Waals surface area contributed by atoms with Crippen LogP contribution in [0.2, 0.25) is 5.02 Å². The first-order valence-corrected chi connectivity index (χ1v) is 10.8. The summed E-state index contributed by atoms with van der Waals surface area (Å²) < 4.78 is 10.9. The first kappa shape index (κ1) is 23.4. The largest absolute Gasteiger partial charge is 0.493 e. The van der Waals surface area contributed by atoms with Gasteiger partial charge < -0.3 is 14.6 Å². The summed E-state index contributed by atoms with van der Waals surface area (Å²) in [6, 6.07) is 9.58. The quantitative estimate of drug-likeness (QED) is 0.417. The maximum absolute atomic E-state index is 12.9. The van der Waals surface area contributed by atoms with Gasteiger partial charge in [0.05, 0.1) is 28.3 Å². The number of amidine groups is 1. The molecule has 0 spiro atoms. The number of amides is 1. The predicted molar refractivity (Wildman–Crippen MR) is 127 cm³/mol.